The summed E-state index contributed by atoms with van der Waals surface area (Å²) in [7, 11) is 0. The first-order chi connectivity index (χ1) is 11.6. The molecule has 6 nitrogen and oxygen atoms in total. The molecule has 2 aromatic rings. The zero-order valence-electron chi connectivity index (χ0n) is 13.8. The van der Waals surface area contributed by atoms with Crippen LogP contribution in [0, 0.1) is 0 Å². The number of rotatable bonds is 5. The lowest BCUT2D eigenvalue weighted by molar-refractivity contribution is -0.115. The van der Waals surface area contributed by atoms with Gasteiger partial charge in [-0.2, -0.15) is 0 Å². The van der Waals surface area contributed by atoms with Gasteiger partial charge < -0.3 is 20.0 Å². The Balaban J connectivity index is 1.65. The molecule has 24 heavy (non-hydrogen) atoms. The van der Waals surface area contributed by atoms with Gasteiger partial charge in [-0.1, -0.05) is 12.1 Å². The number of nitrogens with zero attached hydrogens (tertiary/aromatic N) is 1. The highest BCUT2D eigenvalue weighted by Crippen LogP contribution is 2.26. The number of anilines is 1. The second-order valence-electron chi connectivity index (χ2n) is 5.91. The Morgan fingerprint density at radius 1 is 1.42 bits per heavy atom. The van der Waals surface area contributed by atoms with Crippen molar-refractivity contribution < 1.29 is 14.0 Å². The average Bonchev–Trinajstić information content (AvgIpc) is 3.19. The average molecular weight is 327 g/mol. The van der Waals surface area contributed by atoms with Gasteiger partial charge in [-0.15, -0.1) is 0 Å². The fraction of sp³-hybridized carbons (Fsp3) is 0.333. The molecule has 3 amide bonds. The maximum absolute atomic E-state index is 12.5. The van der Waals surface area contributed by atoms with Crippen LogP contribution in [0.3, 0.4) is 0 Å². The second-order valence-corrected chi connectivity index (χ2v) is 5.91. The van der Waals surface area contributed by atoms with Crippen molar-refractivity contribution in [2.45, 2.75) is 32.9 Å². The first-order valence-corrected chi connectivity index (χ1v) is 8.07. The van der Waals surface area contributed by atoms with E-state index in [1.54, 1.807) is 11.2 Å². The molecule has 2 heterocycles. The van der Waals surface area contributed by atoms with Crippen LogP contribution in [-0.4, -0.2) is 23.4 Å². The molecule has 1 aromatic carbocycles. The SMILES string of the molecule is CCN(Cc1ccco1)C(=O)NC(C)c1ccc2c(c1)CC(=O)N2. The summed E-state index contributed by atoms with van der Waals surface area (Å²) in [5, 5.41) is 5.81. The summed E-state index contributed by atoms with van der Waals surface area (Å²) in [4.78, 5) is 25.6. The number of amides is 3. The lowest BCUT2D eigenvalue weighted by Crippen LogP contribution is -2.40. The summed E-state index contributed by atoms with van der Waals surface area (Å²) in [6, 6.07) is 9.16. The van der Waals surface area contributed by atoms with Crippen LogP contribution in [0.4, 0.5) is 10.5 Å². The molecule has 3 rings (SSSR count). The minimum Gasteiger partial charge on any atom is -0.467 e. The Kier molecular flexibility index (Phi) is 4.55. The zero-order chi connectivity index (χ0) is 17.1. The minimum atomic E-state index is -0.149. The number of hydrogen-bond acceptors (Lipinski definition) is 3. The molecule has 0 radical (unpaired) electrons. The van der Waals surface area contributed by atoms with Gasteiger partial charge in [0.1, 0.15) is 5.76 Å². The highest BCUT2D eigenvalue weighted by Gasteiger charge is 2.20. The number of urea groups is 1. The number of carbonyl (C=O) groups is 2. The quantitative estimate of drug-likeness (QED) is 0.886. The Morgan fingerprint density at radius 3 is 2.96 bits per heavy atom. The van der Waals surface area contributed by atoms with E-state index in [0.717, 1.165) is 22.6 Å². The number of fused-ring (bicyclic) bond motifs is 1. The van der Waals surface area contributed by atoms with Crippen LogP contribution in [0.5, 0.6) is 0 Å². The molecule has 2 N–H and O–H groups in total. The van der Waals surface area contributed by atoms with Gasteiger partial charge in [0.15, 0.2) is 0 Å². The van der Waals surface area contributed by atoms with E-state index in [1.807, 2.05) is 44.2 Å². The van der Waals surface area contributed by atoms with Crippen LogP contribution < -0.4 is 10.6 Å². The van der Waals surface area contributed by atoms with Crippen LogP contribution in [0.2, 0.25) is 0 Å². The molecule has 126 valence electrons. The lowest BCUT2D eigenvalue weighted by Gasteiger charge is -2.23. The molecule has 1 aliphatic rings. The van der Waals surface area contributed by atoms with Crippen molar-refractivity contribution in [3.8, 4) is 0 Å². The van der Waals surface area contributed by atoms with Gasteiger partial charge in [-0.3, -0.25) is 4.79 Å². The smallest absolute Gasteiger partial charge is 0.318 e. The van der Waals surface area contributed by atoms with Crippen molar-refractivity contribution in [3.05, 3.63) is 53.5 Å². The molecule has 1 aromatic heterocycles. The van der Waals surface area contributed by atoms with E-state index in [-0.39, 0.29) is 18.0 Å². The Bertz CT molecular complexity index is 740. The standard InChI is InChI=1S/C18H21N3O3/c1-3-21(11-15-5-4-8-24-15)18(23)19-12(2)13-6-7-16-14(9-13)10-17(22)20-16/h4-9,12H,3,10-11H2,1-2H3,(H,19,23)(H,20,22). The topological polar surface area (TPSA) is 74.6 Å². The summed E-state index contributed by atoms with van der Waals surface area (Å²) < 4.78 is 5.31. The zero-order valence-corrected chi connectivity index (χ0v) is 13.8. The first kappa shape index (κ1) is 16.1. The summed E-state index contributed by atoms with van der Waals surface area (Å²) >= 11 is 0. The van der Waals surface area contributed by atoms with Gasteiger partial charge in [-0.25, -0.2) is 4.79 Å². The number of nitrogens with one attached hydrogen (secondary N) is 2. The number of carbonyl (C=O) groups excluding carboxylic acids is 2. The van der Waals surface area contributed by atoms with Gasteiger partial charge >= 0.3 is 6.03 Å². The second kappa shape index (κ2) is 6.78. The fourth-order valence-electron chi connectivity index (χ4n) is 2.80. The predicted octanol–water partition coefficient (Wildman–Crippen LogP) is 3.07. The third-order valence-corrected chi connectivity index (χ3v) is 4.19. The molecule has 6 heteroatoms. The van der Waals surface area contributed by atoms with E-state index in [9.17, 15) is 9.59 Å². The Labute approximate surface area is 140 Å². The maximum atomic E-state index is 12.5. The van der Waals surface area contributed by atoms with Crippen LogP contribution in [0.1, 0.15) is 36.8 Å². The highest BCUT2D eigenvalue weighted by molar-refractivity contribution is 5.99. The molecular weight excluding hydrogens is 306 g/mol. The molecule has 0 aliphatic carbocycles. The third kappa shape index (κ3) is 3.42. The maximum Gasteiger partial charge on any atom is 0.318 e. The van der Waals surface area contributed by atoms with Crippen molar-refractivity contribution in [2.24, 2.45) is 0 Å². The molecule has 1 unspecified atom stereocenters. The summed E-state index contributed by atoms with van der Waals surface area (Å²) in [6.45, 7) is 4.89. The third-order valence-electron chi connectivity index (χ3n) is 4.19. The van der Waals surface area contributed by atoms with Crippen molar-refractivity contribution >= 4 is 17.6 Å². The number of furan rings is 1. The minimum absolute atomic E-state index is 0.00874. The normalized spacial score (nSPS) is 14.0. The first-order valence-electron chi connectivity index (χ1n) is 8.07. The summed E-state index contributed by atoms with van der Waals surface area (Å²) in [5.41, 5.74) is 2.81. The Morgan fingerprint density at radius 2 is 2.25 bits per heavy atom. The van der Waals surface area contributed by atoms with Crippen molar-refractivity contribution in [1.82, 2.24) is 10.2 Å². The largest absolute Gasteiger partial charge is 0.467 e. The van der Waals surface area contributed by atoms with E-state index >= 15 is 0 Å². The summed E-state index contributed by atoms with van der Waals surface area (Å²) in [5.74, 6) is 0.760. The molecule has 0 bridgehead atoms. The predicted molar refractivity (Wildman–Crippen MR) is 90.5 cm³/mol. The van der Waals surface area contributed by atoms with Gasteiger partial charge in [0.05, 0.1) is 25.3 Å². The van der Waals surface area contributed by atoms with Crippen molar-refractivity contribution in [1.29, 1.82) is 0 Å². The van der Waals surface area contributed by atoms with E-state index in [4.69, 9.17) is 4.42 Å². The molecule has 1 atom stereocenters. The van der Waals surface area contributed by atoms with Gasteiger partial charge in [-0.05, 0) is 43.2 Å². The van der Waals surface area contributed by atoms with Crippen LogP contribution in [0.25, 0.3) is 0 Å². The highest BCUT2D eigenvalue weighted by atomic mass is 16.3. The van der Waals surface area contributed by atoms with E-state index in [1.165, 1.54) is 0 Å². The molecule has 0 fully saturated rings. The number of benzene rings is 1. The van der Waals surface area contributed by atoms with Crippen LogP contribution in [0.15, 0.2) is 41.0 Å². The molecule has 1 aliphatic heterocycles. The van der Waals surface area contributed by atoms with E-state index < -0.39 is 0 Å². The van der Waals surface area contributed by atoms with Crippen molar-refractivity contribution in [3.63, 3.8) is 0 Å². The van der Waals surface area contributed by atoms with Crippen LogP contribution in [-0.2, 0) is 17.8 Å². The monoisotopic (exact) mass is 327 g/mol. The van der Waals surface area contributed by atoms with E-state index in [0.29, 0.717) is 19.5 Å². The van der Waals surface area contributed by atoms with Gasteiger partial charge in [0.25, 0.3) is 0 Å². The molecule has 0 saturated heterocycles. The molecular formula is C18H21N3O3. The Hall–Kier alpha value is -2.76. The summed E-state index contributed by atoms with van der Waals surface area (Å²) in [6.07, 6.45) is 1.99. The fourth-order valence-corrected chi connectivity index (χ4v) is 2.80. The van der Waals surface area contributed by atoms with E-state index in [2.05, 4.69) is 10.6 Å². The van der Waals surface area contributed by atoms with Gasteiger partial charge in [0, 0.05) is 12.2 Å². The van der Waals surface area contributed by atoms with Crippen molar-refractivity contribution in [2.75, 3.05) is 11.9 Å². The number of hydrogen-bond donors (Lipinski definition) is 2. The van der Waals surface area contributed by atoms with Crippen LogP contribution >= 0.6 is 0 Å². The van der Waals surface area contributed by atoms with Gasteiger partial charge in [0.2, 0.25) is 5.91 Å². The molecule has 0 saturated carbocycles. The lowest BCUT2D eigenvalue weighted by atomic mass is 10.0. The molecule has 0 spiro atoms.